The Balaban J connectivity index is 2.18. The molecule has 1 heterocycles. The average Bonchev–Trinajstić information content (AvgIpc) is 2.90. The second kappa shape index (κ2) is 6.36. The molecule has 0 fully saturated rings. The zero-order valence-electron chi connectivity index (χ0n) is 11.8. The normalized spacial score (nSPS) is 12.4. The summed E-state index contributed by atoms with van der Waals surface area (Å²) in [4.78, 5) is 0. The van der Waals surface area contributed by atoms with Crippen LogP contribution < -0.4 is 4.74 Å². The van der Waals surface area contributed by atoms with Crippen molar-refractivity contribution >= 4 is 0 Å². The average molecular weight is 259 g/mol. The van der Waals surface area contributed by atoms with Crippen LogP contribution in [0.3, 0.4) is 0 Å². The van der Waals surface area contributed by atoms with Crippen LogP contribution in [0.2, 0.25) is 0 Å². The molecule has 1 N–H and O–H groups in total. The Morgan fingerprint density at radius 3 is 2.89 bits per heavy atom. The zero-order chi connectivity index (χ0) is 13.7. The highest BCUT2D eigenvalue weighted by molar-refractivity contribution is 5.39. The molecule has 102 valence electrons. The highest BCUT2D eigenvalue weighted by atomic mass is 16.5. The fourth-order valence-corrected chi connectivity index (χ4v) is 2.14. The number of aromatic nitrogens is 3. The van der Waals surface area contributed by atoms with Gasteiger partial charge in [-0.15, -0.1) is 0 Å². The summed E-state index contributed by atoms with van der Waals surface area (Å²) in [7, 11) is 0. The molecular formula is C15H21N3O. The second-order valence-electron chi connectivity index (χ2n) is 4.96. The molecule has 0 aliphatic rings. The SMILES string of the molecule is CCCOc1ccc(C)cc1C(C)Cc1cn[nH]n1. The number of hydrogen-bond acceptors (Lipinski definition) is 3. The Kier molecular flexibility index (Phi) is 4.55. The minimum absolute atomic E-state index is 0.358. The van der Waals surface area contributed by atoms with Crippen molar-refractivity contribution < 1.29 is 4.74 Å². The quantitative estimate of drug-likeness (QED) is 0.866. The predicted molar refractivity (Wildman–Crippen MR) is 75.5 cm³/mol. The number of nitrogens with zero attached hydrogens (tertiary/aromatic N) is 2. The lowest BCUT2D eigenvalue weighted by Gasteiger charge is -2.17. The van der Waals surface area contributed by atoms with E-state index < -0.39 is 0 Å². The highest BCUT2D eigenvalue weighted by Crippen LogP contribution is 2.29. The summed E-state index contributed by atoms with van der Waals surface area (Å²) >= 11 is 0. The third-order valence-electron chi connectivity index (χ3n) is 3.14. The lowest BCUT2D eigenvalue weighted by molar-refractivity contribution is 0.312. The van der Waals surface area contributed by atoms with Crippen molar-refractivity contribution in [3.63, 3.8) is 0 Å². The first-order chi connectivity index (χ1) is 9.20. The van der Waals surface area contributed by atoms with Gasteiger partial charge in [-0.05, 0) is 37.3 Å². The molecule has 1 aromatic carbocycles. The van der Waals surface area contributed by atoms with Crippen molar-refractivity contribution in [2.24, 2.45) is 0 Å². The molecule has 4 nitrogen and oxygen atoms in total. The lowest BCUT2D eigenvalue weighted by atomic mass is 9.94. The van der Waals surface area contributed by atoms with Crippen molar-refractivity contribution in [3.05, 3.63) is 41.2 Å². The summed E-state index contributed by atoms with van der Waals surface area (Å²) < 4.78 is 5.84. The van der Waals surface area contributed by atoms with E-state index in [0.717, 1.165) is 30.9 Å². The van der Waals surface area contributed by atoms with Crippen LogP contribution in [0.25, 0.3) is 0 Å². The van der Waals surface area contributed by atoms with Gasteiger partial charge in [0, 0.05) is 0 Å². The van der Waals surface area contributed by atoms with Gasteiger partial charge in [-0.1, -0.05) is 31.5 Å². The number of hydrogen-bond donors (Lipinski definition) is 1. The van der Waals surface area contributed by atoms with E-state index in [9.17, 15) is 0 Å². The summed E-state index contributed by atoms with van der Waals surface area (Å²) in [6, 6.07) is 6.37. The topological polar surface area (TPSA) is 50.8 Å². The van der Waals surface area contributed by atoms with Gasteiger partial charge < -0.3 is 4.74 Å². The molecule has 0 radical (unpaired) electrons. The maximum absolute atomic E-state index is 5.84. The molecule has 4 heteroatoms. The predicted octanol–water partition coefficient (Wildman–Crippen LogP) is 3.25. The maximum Gasteiger partial charge on any atom is 0.122 e. The van der Waals surface area contributed by atoms with Crippen molar-refractivity contribution in [3.8, 4) is 5.75 Å². The van der Waals surface area contributed by atoms with Crippen LogP contribution in [0, 0.1) is 6.92 Å². The molecule has 0 spiro atoms. The summed E-state index contributed by atoms with van der Waals surface area (Å²) in [5.74, 6) is 1.35. The van der Waals surface area contributed by atoms with E-state index in [4.69, 9.17) is 4.74 Å². The number of H-pyrrole nitrogens is 1. The molecule has 0 bridgehead atoms. The van der Waals surface area contributed by atoms with Gasteiger partial charge in [0.15, 0.2) is 0 Å². The summed E-state index contributed by atoms with van der Waals surface area (Å²) in [6.45, 7) is 7.18. The van der Waals surface area contributed by atoms with Crippen LogP contribution in [0.5, 0.6) is 5.75 Å². The van der Waals surface area contributed by atoms with E-state index in [1.807, 2.05) is 0 Å². The van der Waals surface area contributed by atoms with Gasteiger partial charge in [-0.3, -0.25) is 0 Å². The number of nitrogens with one attached hydrogen (secondary N) is 1. The molecular weight excluding hydrogens is 238 g/mol. The molecule has 2 rings (SSSR count). The summed E-state index contributed by atoms with van der Waals surface area (Å²) in [5.41, 5.74) is 3.48. The van der Waals surface area contributed by atoms with Crippen LogP contribution in [0.15, 0.2) is 24.4 Å². The molecule has 0 saturated carbocycles. The Morgan fingerprint density at radius 1 is 1.37 bits per heavy atom. The fourth-order valence-electron chi connectivity index (χ4n) is 2.14. The molecule has 1 unspecified atom stereocenters. The Bertz CT molecular complexity index is 508. The van der Waals surface area contributed by atoms with E-state index in [1.54, 1.807) is 6.20 Å². The van der Waals surface area contributed by atoms with Crippen molar-refractivity contribution in [1.29, 1.82) is 0 Å². The maximum atomic E-state index is 5.84. The lowest BCUT2D eigenvalue weighted by Crippen LogP contribution is -2.05. The van der Waals surface area contributed by atoms with Gasteiger partial charge in [0.2, 0.25) is 0 Å². The van der Waals surface area contributed by atoms with Crippen molar-refractivity contribution in [2.75, 3.05) is 6.61 Å². The largest absolute Gasteiger partial charge is 0.493 e. The summed E-state index contributed by atoms with van der Waals surface area (Å²) in [5, 5.41) is 10.6. The van der Waals surface area contributed by atoms with Crippen molar-refractivity contribution in [2.45, 2.75) is 39.5 Å². The van der Waals surface area contributed by atoms with Gasteiger partial charge in [0.25, 0.3) is 0 Å². The molecule has 19 heavy (non-hydrogen) atoms. The summed E-state index contributed by atoms with van der Waals surface area (Å²) in [6.07, 6.45) is 3.66. The third kappa shape index (κ3) is 3.56. The first-order valence-corrected chi connectivity index (χ1v) is 6.78. The van der Waals surface area contributed by atoms with Crippen LogP contribution >= 0.6 is 0 Å². The van der Waals surface area contributed by atoms with Gasteiger partial charge in [-0.2, -0.15) is 15.4 Å². The smallest absolute Gasteiger partial charge is 0.122 e. The standard InChI is InChI=1S/C15H21N3O/c1-4-7-19-15-6-5-11(2)8-14(15)12(3)9-13-10-16-18-17-13/h5-6,8,10,12H,4,7,9H2,1-3H3,(H,16,17,18). The minimum Gasteiger partial charge on any atom is -0.493 e. The van der Waals surface area contributed by atoms with E-state index in [-0.39, 0.29) is 0 Å². The van der Waals surface area contributed by atoms with Gasteiger partial charge >= 0.3 is 0 Å². The van der Waals surface area contributed by atoms with Gasteiger partial charge in [0.1, 0.15) is 5.75 Å². The number of aryl methyl sites for hydroxylation is 1. The zero-order valence-corrected chi connectivity index (χ0v) is 11.8. The Hall–Kier alpha value is -1.84. The molecule has 0 saturated heterocycles. The van der Waals surface area contributed by atoms with Crippen LogP contribution in [0.1, 0.15) is 43.0 Å². The van der Waals surface area contributed by atoms with Gasteiger partial charge in [-0.25, -0.2) is 0 Å². The van der Waals surface area contributed by atoms with E-state index in [2.05, 4.69) is 54.4 Å². The van der Waals surface area contributed by atoms with Gasteiger partial charge in [0.05, 0.1) is 18.5 Å². The van der Waals surface area contributed by atoms with Crippen LogP contribution in [-0.2, 0) is 6.42 Å². The van der Waals surface area contributed by atoms with E-state index >= 15 is 0 Å². The Labute approximate surface area is 114 Å². The van der Waals surface area contributed by atoms with Crippen molar-refractivity contribution in [1.82, 2.24) is 15.4 Å². The number of ether oxygens (including phenoxy) is 1. The minimum atomic E-state index is 0.358. The monoisotopic (exact) mass is 259 g/mol. The molecule has 2 aromatic rings. The number of aromatic amines is 1. The second-order valence-corrected chi connectivity index (χ2v) is 4.96. The van der Waals surface area contributed by atoms with Crippen LogP contribution in [-0.4, -0.2) is 22.0 Å². The van der Waals surface area contributed by atoms with E-state index in [1.165, 1.54) is 11.1 Å². The fraction of sp³-hybridized carbons (Fsp3) is 0.467. The number of benzene rings is 1. The molecule has 0 aliphatic carbocycles. The molecule has 0 aliphatic heterocycles. The number of rotatable bonds is 6. The molecule has 0 amide bonds. The molecule has 1 aromatic heterocycles. The first-order valence-electron chi connectivity index (χ1n) is 6.78. The van der Waals surface area contributed by atoms with E-state index in [0.29, 0.717) is 5.92 Å². The molecule has 1 atom stereocenters. The highest BCUT2D eigenvalue weighted by Gasteiger charge is 2.14. The first kappa shape index (κ1) is 13.6. The Morgan fingerprint density at radius 2 is 2.21 bits per heavy atom. The van der Waals surface area contributed by atoms with Crippen LogP contribution in [0.4, 0.5) is 0 Å². The third-order valence-corrected chi connectivity index (χ3v) is 3.14.